The summed E-state index contributed by atoms with van der Waals surface area (Å²) in [4.78, 5) is 36.0. The minimum atomic E-state index is -0.585. The summed E-state index contributed by atoms with van der Waals surface area (Å²) in [6.07, 6.45) is 6.51. The zero-order valence-electron chi connectivity index (χ0n) is 18.5. The molecule has 0 aliphatic carbocycles. The van der Waals surface area contributed by atoms with Crippen molar-refractivity contribution in [2.24, 2.45) is 17.8 Å². The van der Waals surface area contributed by atoms with Gasteiger partial charge in [-0.25, -0.2) is 0 Å². The van der Waals surface area contributed by atoms with Crippen LogP contribution in [0.25, 0.3) is 0 Å². The van der Waals surface area contributed by atoms with E-state index in [0.29, 0.717) is 0 Å². The molecule has 0 unspecified atom stereocenters. The van der Waals surface area contributed by atoms with Crippen molar-refractivity contribution in [2.45, 2.75) is 45.8 Å². The molecule has 1 aliphatic rings. The molecule has 0 spiro atoms. The number of esters is 3. The molecule has 0 amide bonds. The maximum atomic E-state index is 12.1. The van der Waals surface area contributed by atoms with Gasteiger partial charge in [-0.1, -0.05) is 38.2 Å². The first-order valence-corrected chi connectivity index (χ1v) is 10.1. The first kappa shape index (κ1) is 25.8. The lowest BCUT2D eigenvalue weighted by Crippen LogP contribution is -2.30. The van der Waals surface area contributed by atoms with E-state index in [9.17, 15) is 14.4 Å². The van der Waals surface area contributed by atoms with Gasteiger partial charge in [0.1, 0.15) is 19.8 Å². The van der Waals surface area contributed by atoms with Crippen molar-refractivity contribution in [1.29, 1.82) is 0 Å². The maximum absolute atomic E-state index is 12.1. The van der Waals surface area contributed by atoms with E-state index in [2.05, 4.69) is 0 Å². The van der Waals surface area contributed by atoms with Crippen LogP contribution in [0.4, 0.5) is 0 Å². The van der Waals surface area contributed by atoms with Crippen molar-refractivity contribution < 1.29 is 38.1 Å². The lowest BCUT2D eigenvalue weighted by Gasteiger charge is -2.21. The maximum Gasteiger partial charge on any atom is 0.312 e. The second-order valence-corrected chi connectivity index (χ2v) is 7.43. The van der Waals surface area contributed by atoms with E-state index in [1.54, 1.807) is 26.2 Å². The van der Waals surface area contributed by atoms with Crippen molar-refractivity contribution in [3.05, 3.63) is 24.3 Å². The fourth-order valence-electron chi connectivity index (χ4n) is 2.76. The Morgan fingerprint density at radius 2 is 1.17 bits per heavy atom. The Labute approximate surface area is 178 Å². The summed E-state index contributed by atoms with van der Waals surface area (Å²) in [6.45, 7) is 5.56. The average Bonchev–Trinajstić information content (AvgIpc) is 2.72. The van der Waals surface area contributed by atoms with Crippen LogP contribution in [-0.2, 0) is 38.1 Å². The zero-order valence-corrected chi connectivity index (χ0v) is 18.5. The summed E-state index contributed by atoms with van der Waals surface area (Å²) in [7, 11) is 3.07. The van der Waals surface area contributed by atoms with E-state index in [0.717, 1.165) is 0 Å². The number of cyclic esters (lactones) is 3. The van der Waals surface area contributed by atoms with Crippen LogP contribution in [0.5, 0.6) is 0 Å². The standard InChI is InChI=1S/C22H34O8/c1-15-8-6-10-20(23)28-12-17(3)22(25)30-14-19(27-5)16(2)9-7-11-21(24)29-13-18(15)26-4/h6-9,15-19H,10-14H2,1-5H3/b8-6-,9-7-/t15-,16-,17-,18-,19+/m0/s1. The largest absolute Gasteiger partial charge is 0.465 e. The van der Waals surface area contributed by atoms with Gasteiger partial charge < -0.3 is 23.7 Å². The molecule has 0 saturated heterocycles. The van der Waals surface area contributed by atoms with Crippen molar-refractivity contribution in [3.63, 3.8) is 0 Å². The SMILES string of the molecule is CO[C@H]1COC(=O)C/C=C\[C@H](C)[C@H](OC)COC(=O)[C@@H](C)COC(=O)C/C=C\[C@@H]1C. The zero-order chi connectivity index (χ0) is 22.5. The first-order chi connectivity index (χ1) is 14.3. The average molecular weight is 427 g/mol. The fraction of sp³-hybridized carbons (Fsp3) is 0.682. The molecule has 0 aromatic rings. The number of carbonyl (C=O) groups excluding carboxylic acids is 3. The minimum absolute atomic E-state index is 0.0508. The first-order valence-electron chi connectivity index (χ1n) is 10.1. The molecule has 0 saturated carbocycles. The Bertz CT molecular complexity index is 612. The highest BCUT2D eigenvalue weighted by Crippen LogP contribution is 2.13. The highest BCUT2D eigenvalue weighted by molar-refractivity contribution is 5.74. The normalized spacial score (nSPS) is 33.0. The molecular formula is C22H34O8. The molecule has 1 aliphatic heterocycles. The lowest BCUT2D eigenvalue weighted by atomic mass is 10.0. The van der Waals surface area contributed by atoms with Crippen LogP contribution < -0.4 is 0 Å². The topological polar surface area (TPSA) is 97.4 Å². The number of rotatable bonds is 2. The molecular weight excluding hydrogens is 392 g/mol. The van der Waals surface area contributed by atoms with Gasteiger partial charge in [-0.3, -0.25) is 14.4 Å². The summed E-state index contributed by atoms with van der Waals surface area (Å²) in [6, 6.07) is 0. The Morgan fingerprint density at radius 3 is 1.63 bits per heavy atom. The van der Waals surface area contributed by atoms with Gasteiger partial charge in [-0.05, 0) is 6.92 Å². The van der Waals surface area contributed by atoms with E-state index in [1.807, 2.05) is 26.0 Å². The Morgan fingerprint density at radius 1 is 0.733 bits per heavy atom. The molecule has 0 N–H and O–H groups in total. The smallest absolute Gasteiger partial charge is 0.312 e. The second kappa shape index (κ2) is 13.9. The molecule has 0 aromatic heterocycles. The molecule has 8 heteroatoms. The van der Waals surface area contributed by atoms with Crippen LogP contribution in [0.1, 0.15) is 33.6 Å². The molecule has 1 heterocycles. The third kappa shape index (κ3) is 9.54. The number of hydrogen-bond acceptors (Lipinski definition) is 8. The summed E-state index contributed by atoms with van der Waals surface area (Å²) >= 11 is 0. The molecule has 5 atom stereocenters. The van der Waals surface area contributed by atoms with Gasteiger partial charge in [0.2, 0.25) is 0 Å². The van der Waals surface area contributed by atoms with E-state index < -0.39 is 17.9 Å². The minimum Gasteiger partial charge on any atom is -0.465 e. The van der Waals surface area contributed by atoms with Gasteiger partial charge in [-0.2, -0.15) is 0 Å². The summed E-state index contributed by atoms with van der Waals surface area (Å²) in [5, 5.41) is 0. The predicted molar refractivity (Wildman–Crippen MR) is 109 cm³/mol. The van der Waals surface area contributed by atoms with E-state index in [4.69, 9.17) is 23.7 Å². The van der Waals surface area contributed by atoms with Crippen LogP contribution in [-0.4, -0.2) is 64.2 Å². The molecule has 1 rings (SSSR count). The molecule has 170 valence electrons. The van der Waals surface area contributed by atoms with E-state index >= 15 is 0 Å². The second-order valence-electron chi connectivity index (χ2n) is 7.43. The van der Waals surface area contributed by atoms with Gasteiger partial charge in [0.15, 0.2) is 0 Å². The van der Waals surface area contributed by atoms with Crippen molar-refractivity contribution >= 4 is 17.9 Å². The van der Waals surface area contributed by atoms with Crippen molar-refractivity contribution in [2.75, 3.05) is 34.0 Å². The van der Waals surface area contributed by atoms with Crippen LogP contribution in [0.3, 0.4) is 0 Å². The van der Waals surface area contributed by atoms with E-state index in [1.165, 1.54) is 7.11 Å². The third-order valence-electron chi connectivity index (χ3n) is 4.92. The fourth-order valence-corrected chi connectivity index (χ4v) is 2.76. The summed E-state index contributed by atoms with van der Waals surface area (Å²) in [5.74, 6) is -2.03. The molecule has 0 aromatic carbocycles. The quantitative estimate of drug-likeness (QED) is 0.377. The van der Waals surface area contributed by atoms with Gasteiger partial charge in [0.05, 0.1) is 31.0 Å². The van der Waals surface area contributed by atoms with Crippen molar-refractivity contribution in [3.8, 4) is 0 Å². The highest BCUT2D eigenvalue weighted by atomic mass is 16.6. The molecule has 0 bridgehead atoms. The molecule has 0 fully saturated rings. The Hall–Kier alpha value is -2.19. The Balaban J connectivity index is 2.86. The number of ether oxygens (including phenoxy) is 5. The number of methoxy groups -OCH3 is 2. The van der Waals surface area contributed by atoms with Gasteiger partial charge in [0.25, 0.3) is 0 Å². The van der Waals surface area contributed by atoms with Crippen LogP contribution in [0, 0.1) is 17.8 Å². The number of carbonyl (C=O) groups is 3. The predicted octanol–water partition coefficient (Wildman–Crippen LogP) is 2.46. The van der Waals surface area contributed by atoms with E-state index in [-0.39, 0.29) is 62.7 Å². The van der Waals surface area contributed by atoms with Crippen LogP contribution >= 0.6 is 0 Å². The van der Waals surface area contributed by atoms with Crippen LogP contribution in [0.15, 0.2) is 24.3 Å². The summed E-state index contributed by atoms with van der Waals surface area (Å²) < 4.78 is 26.5. The van der Waals surface area contributed by atoms with Crippen LogP contribution in [0.2, 0.25) is 0 Å². The van der Waals surface area contributed by atoms with Gasteiger partial charge >= 0.3 is 17.9 Å². The summed E-state index contributed by atoms with van der Waals surface area (Å²) in [5.41, 5.74) is 0. The van der Waals surface area contributed by atoms with Gasteiger partial charge in [-0.15, -0.1) is 0 Å². The van der Waals surface area contributed by atoms with Crippen molar-refractivity contribution in [1.82, 2.24) is 0 Å². The highest BCUT2D eigenvalue weighted by Gasteiger charge is 2.22. The Kier molecular flexibility index (Phi) is 12.0. The monoisotopic (exact) mass is 426 g/mol. The molecule has 0 radical (unpaired) electrons. The third-order valence-corrected chi connectivity index (χ3v) is 4.92. The molecule has 30 heavy (non-hydrogen) atoms. The lowest BCUT2D eigenvalue weighted by molar-refractivity contribution is -0.157. The van der Waals surface area contributed by atoms with Gasteiger partial charge in [0, 0.05) is 26.1 Å². The number of hydrogen-bond donors (Lipinski definition) is 0. The molecule has 8 nitrogen and oxygen atoms in total.